The fourth-order valence-corrected chi connectivity index (χ4v) is 4.43. The number of halogens is 1. The Labute approximate surface area is 142 Å². The van der Waals surface area contributed by atoms with Gasteiger partial charge in [-0.25, -0.2) is 12.8 Å². The van der Waals surface area contributed by atoms with E-state index in [-0.39, 0.29) is 25.2 Å². The molecule has 1 amide bonds. The van der Waals surface area contributed by atoms with E-state index in [4.69, 9.17) is 0 Å². The lowest BCUT2D eigenvalue weighted by Crippen LogP contribution is -2.58. The number of carbonyl (C=O) groups excluding carboxylic acids is 1. The minimum atomic E-state index is -3.54. The Morgan fingerprint density at radius 3 is 2.50 bits per heavy atom. The van der Waals surface area contributed by atoms with Crippen molar-refractivity contribution < 1.29 is 17.6 Å². The van der Waals surface area contributed by atoms with Crippen LogP contribution in [0.4, 0.5) is 4.39 Å². The number of benzene rings is 1. The molecule has 1 aromatic rings. The predicted molar refractivity (Wildman–Crippen MR) is 92.1 cm³/mol. The van der Waals surface area contributed by atoms with Gasteiger partial charge < -0.3 is 10.6 Å². The standard InChI is InChI=1S/C17H25FN2O3S/c1-16(2,13-5-4-6-14(18)11-13)12-20-15(21)17(24(3,22)23)7-9-19-10-8-17/h4-6,11,19H,7-10,12H2,1-3H3,(H,20,21). The Hall–Kier alpha value is -1.47. The van der Waals surface area contributed by atoms with Crippen molar-refractivity contribution in [3.05, 3.63) is 35.6 Å². The Kier molecular flexibility index (Phi) is 5.34. The number of carbonyl (C=O) groups is 1. The first-order valence-electron chi connectivity index (χ1n) is 8.03. The summed E-state index contributed by atoms with van der Waals surface area (Å²) in [4.78, 5) is 12.7. The molecule has 0 atom stereocenters. The topological polar surface area (TPSA) is 75.3 Å². The van der Waals surface area contributed by atoms with Gasteiger partial charge in [-0.05, 0) is 43.6 Å². The van der Waals surface area contributed by atoms with E-state index in [1.54, 1.807) is 12.1 Å². The number of sulfone groups is 1. The summed E-state index contributed by atoms with van der Waals surface area (Å²) in [5.41, 5.74) is 0.241. The predicted octanol–water partition coefficient (Wildman–Crippen LogP) is 1.39. The summed E-state index contributed by atoms with van der Waals surface area (Å²) >= 11 is 0. The molecule has 0 spiro atoms. The highest BCUT2D eigenvalue weighted by atomic mass is 32.2. The highest BCUT2D eigenvalue weighted by molar-refractivity contribution is 7.92. The van der Waals surface area contributed by atoms with E-state index >= 15 is 0 Å². The molecule has 1 fully saturated rings. The number of rotatable bonds is 5. The van der Waals surface area contributed by atoms with Crippen molar-refractivity contribution in [1.29, 1.82) is 0 Å². The molecule has 0 saturated carbocycles. The van der Waals surface area contributed by atoms with Crippen LogP contribution in [0.2, 0.25) is 0 Å². The van der Waals surface area contributed by atoms with Crippen molar-refractivity contribution in [2.45, 2.75) is 36.9 Å². The lowest BCUT2D eigenvalue weighted by atomic mass is 9.84. The molecular formula is C17H25FN2O3S. The van der Waals surface area contributed by atoms with Crippen LogP contribution < -0.4 is 10.6 Å². The Morgan fingerprint density at radius 2 is 1.96 bits per heavy atom. The van der Waals surface area contributed by atoms with Gasteiger partial charge in [0.05, 0.1) is 0 Å². The molecule has 0 radical (unpaired) electrons. The molecule has 5 nitrogen and oxygen atoms in total. The molecule has 24 heavy (non-hydrogen) atoms. The molecule has 2 N–H and O–H groups in total. The summed E-state index contributed by atoms with van der Waals surface area (Å²) < 4.78 is 36.6. The van der Waals surface area contributed by atoms with Gasteiger partial charge in [-0.3, -0.25) is 4.79 Å². The SMILES string of the molecule is CC(C)(CNC(=O)C1(S(C)(=O)=O)CCNCC1)c1cccc(F)c1. The largest absolute Gasteiger partial charge is 0.354 e. The van der Waals surface area contributed by atoms with Crippen LogP contribution in [0, 0.1) is 5.82 Å². The van der Waals surface area contributed by atoms with Crippen LogP contribution >= 0.6 is 0 Å². The molecule has 1 saturated heterocycles. The normalized spacial score (nSPS) is 18.2. The smallest absolute Gasteiger partial charge is 0.241 e. The first-order chi connectivity index (χ1) is 11.1. The molecule has 1 aliphatic rings. The zero-order valence-corrected chi connectivity index (χ0v) is 15.2. The van der Waals surface area contributed by atoms with E-state index in [1.807, 2.05) is 13.8 Å². The third-order valence-electron chi connectivity index (χ3n) is 4.83. The van der Waals surface area contributed by atoms with Crippen LogP contribution in [0.25, 0.3) is 0 Å². The number of nitrogens with one attached hydrogen (secondary N) is 2. The first kappa shape index (κ1) is 18.9. The van der Waals surface area contributed by atoms with E-state index in [2.05, 4.69) is 10.6 Å². The monoisotopic (exact) mass is 356 g/mol. The van der Waals surface area contributed by atoms with Crippen LogP contribution in [-0.4, -0.2) is 45.0 Å². The molecule has 1 heterocycles. The molecule has 134 valence electrons. The molecular weight excluding hydrogens is 331 g/mol. The van der Waals surface area contributed by atoms with Gasteiger partial charge in [0.2, 0.25) is 5.91 Å². The lowest BCUT2D eigenvalue weighted by Gasteiger charge is -2.35. The van der Waals surface area contributed by atoms with Gasteiger partial charge >= 0.3 is 0 Å². The highest BCUT2D eigenvalue weighted by Crippen LogP contribution is 2.29. The van der Waals surface area contributed by atoms with Gasteiger partial charge in [-0.15, -0.1) is 0 Å². The van der Waals surface area contributed by atoms with Crippen LogP contribution in [-0.2, 0) is 20.0 Å². The van der Waals surface area contributed by atoms with E-state index in [0.29, 0.717) is 13.1 Å². The van der Waals surface area contributed by atoms with Gasteiger partial charge in [0.15, 0.2) is 14.6 Å². The molecule has 0 aliphatic carbocycles. The van der Waals surface area contributed by atoms with Crippen LogP contribution in [0.3, 0.4) is 0 Å². The molecule has 0 bridgehead atoms. The summed E-state index contributed by atoms with van der Waals surface area (Å²) in [5.74, 6) is -0.797. The molecule has 7 heteroatoms. The second-order valence-corrected chi connectivity index (χ2v) is 9.42. The molecule has 1 aliphatic heterocycles. The minimum absolute atomic E-state index is 0.236. The minimum Gasteiger partial charge on any atom is -0.354 e. The van der Waals surface area contributed by atoms with Crippen molar-refractivity contribution in [3.63, 3.8) is 0 Å². The Balaban J connectivity index is 2.16. The van der Waals surface area contributed by atoms with Gasteiger partial charge in [0.1, 0.15) is 5.82 Å². The van der Waals surface area contributed by atoms with Gasteiger partial charge in [-0.1, -0.05) is 26.0 Å². The average Bonchev–Trinajstić information content (AvgIpc) is 2.52. The van der Waals surface area contributed by atoms with E-state index < -0.39 is 25.9 Å². The summed E-state index contributed by atoms with van der Waals surface area (Å²) in [7, 11) is -3.54. The number of hydrogen-bond donors (Lipinski definition) is 2. The van der Waals surface area contributed by atoms with E-state index in [1.165, 1.54) is 12.1 Å². The summed E-state index contributed by atoms with van der Waals surface area (Å²) in [5, 5.41) is 5.87. The van der Waals surface area contributed by atoms with Crippen molar-refractivity contribution in [2.24, 2.45) is 0 Å². The van der Waals surface area contributed by atoms with Gasteiger partial charge in [0.25, 0.3) is 0 Å². The molecule has 0 aromatic heterocycles. The summed E-state index contributed by atoms with van der Waals surface area (Å²) in [6.07, 6.45) is 1.64. The fraction of sp³-hybridized carbons (Fsp3) is 0.588. The zero-order valence-electron chi connectivity index (χ0n) is 14.4. The summed E-state index contributed by atoms with van der Waals surface area (Å²) in [6.45, 7) is 5.00. The maximum absolute atomic E-state index is 13.4. The van der Waals surface area contributed by atoms with Gasteiger partial charge in [0, 0.05) is 18.2 Å². The third kappa shape index (κ3) is 3.78. The van der Waals surface area contributed by atoms with Crippen molar-refractivity contribution in [1.82, 2.24) is 10.6 Å². The summed E-state index contributed by atoms with van der Waals surface area (Å²) in [6, 6.07) is 6.22. The third-order valence-corrected chi connectivity index (χ3v) is 6.84. The molecule has 2 rings (SSSR count). The molecule has 0 unspecified atom stereocenters. The quantitative estimate of drug-likeness (QED) is 0.836. The number of hydrogen-bond acceptors (Lipinski definition) is 4. The van der Waals surface area contributed by atoms with Crippen LogP contribution in [0.5, 0.6) is 0 Å². The fourth-order valence-electron chi connectivity index (χ4n) is 3.07. The van der Waals surface area contributed by atoms with Gasteiger partial charge in [-0.2, -0.15) is 0 Å². The van der Waals surface area contributed by atoms with Crippen molar-refractivity contribution in [2.75, 3.05) is 25.9 Å². The van der Waals surface area contributed by atoms with Crippen molar-refractivity contribution in [3.8, 4) is 0 Å². The first-order valence-corrected chi connectivity index (χ1v) is 9.92. The Morgan fingerprint density at radius 1 is 1.33 bits per heavy atom. The van der Waals surface area contributed by atoms with E-state index in [9.17, 15) is 17.6 Å². The Bertz CT molecular complexity index is 710. The van der Waals surface area contributed by atoms with Crippen LogP contribution in [0.1, 0.15) is 32.3 Å². The highest BCUT2D eigenvalue weighted by Gasteiger charge is 2.48. The number of amides is 1. The van der Waals surface area contributed by atoms with E-state index in [0.717, 1.165) is 11.8 Å². The average molecular weight is 356 g/mol. The van der Waals surface area contributed by atoms with Crippen molar-refractivity contribution >= 4 is 15.7 Å². The maximum atomic E-state index is 13.4. The lowest BCUT2D eigenvalue weighted by molar-refractivity contribution is -0.124. The maximum Gasteiger partial charge on any atom is 0.241 e. The zero-order chi connectivity index (χ0) is 18.0. The van der Waals surface area contributed by atoms with Crippen LogP contribution in [0.15, 0.2) is 24.3 Å². The second-order valence-electron chi connectivity index (χ2n) is 7.09. The number of piperidine rings is 1. The second kappa shape index (κ2) is 6.80. The molecule has 1 aromatic carbocycles.